The van der Waals surface area contributed by atoms with Gasteiger partial charge in [0.25, 0.3) is 5.91 Å². The van der Waals surface area contributed by atoms with E-state index >= 15 is 0 Å². The van der Waals surface area contributed by atoms with Gasteiger partial charge in [0.05, 0.1) is 12.6 Å². The number of benzene rings is 4. The smallest absolute Gasteiger partial charge is 0.253 e. The molecular formula is C37H42N2O3. The quantitative estimate of drug-likeness (QED) is 0.212. The molecule has 1 aliphatic rings. The number of piperazine rings is 1. The molecule has 5 rings (SSSR count). The second kappa shape index (κ2) is 13.3. The zero-order valence-electron chi connectivity index (χ0n) is 25.3. The Hall–Kier alpha value is -4.09. The van der Waals surface area contributed by atoms with E-state index in [1.807, 2.05) is 48.2 Å². The van der Waals surface area contributed by atoms with Gasteiger partial charge in [-0.25, -0.2) is 0 Å². The van der Waals surface area contributed by atoms with Gasteiger partial charge in [-0.2, -0.15) is 0 Å². The van der Waals surface area contributed by atoms with Crippen molar-refractivity contribution in [3.63, 3.8) is 0 Å². The molecule has 5 heteroatoms. The molecule has 5 nitrogen and oxygen atoms in total. The molecule has 42 heavy (non-hydrogen) atoms. The van der Waals surface area contributed by atoms with E-state index in [1.54, 1.807) is 0 Å². The maximum Gasteiger partial charge on any atom is 0.253 e. The van der Waals surface area contributed by atoms with Gasteiger partial charge in [0.1, 0.15) is 18.1 Å². The van der Waals surface area contributed by atoms with Crippen molar-refractivity contribution in [2.75, 3.05) is 32.8 Å². The van der Waals surface area contributed by atoms with Crippen LogP contribution in [0, 0.1) is 0 Å². The van der Waals surface area contributed by atoms with Crippen molar-refractivity contribution in [2.45, 2.75) is 45.8 Å². The maximum atomic E-state index is 13.7. The molecule has 1 heterocycles. The molecule has 0 saturated carbocycles. The summed E-state index contributed by atoms with van der Waals surface area (Å²) in [5.41, 5.74) is 5.19. The first-order valence-corrected chi connectivity index (χ1v) is 15.0. The van der Waals surface area contributed by atoms with Gasteiger partial charge in [-0.05, 0) is 53.3 Å². The van der Waals surface area contributed by atoms with Crippen molar-refractivity contribution in [3.05, 3.63) is 131 Å². The van der Waals surface area contributed by atoms with Gasteiger partial charge >= 0.3 is 0 Å². The summed E-state index contributed by atoms with van der Waals surface area (Å²) in [7, 11) is 0. The van der Waals surface area contributed by atoms with E-state index in [-0.39, 0.29) is 17.4 Å². The first kappa shape index (κ1) is 29.4. The average Bonchev–Trinajstić information content (AvgIpc) is 3.01. The highest BCUT2D eigenvalue weighted by atomic mass is 16.5. The maximum absolute atomic E-state index is 13.7. The standard InChI is InChI=1S/C37H42N2O3/c1-5-41-33-21-20-30(26-31(33)27-42-34-19-13-12-18-32(34)37(2,3)4)36(40)39-24-22-38(23-25-39)35(28-14-8-6-9-15-28)29-16-10-7-11-17-29/h6-21,26,35H,5,22-25,27H2,1-4H3. The van der Waals surface area contributed by atoms with Gasteiger partial charge in [-0.15, -0.1) is 0 Å². The topological polar surface area (TPSA) is 42.0 Å². The van der Waals surface area contributed by atoms with Crippen molar-refractivity contribution in [3.8, 4) is 11.5 Å². The zero-order valence-corrected chi connectivity index (χ0v) is 25.3. The minimum Gasteiger partial charge on any atom is -0.493 e. The highest BCUT2D eigenvalue weighted by molar-refractivity contribution is 5.94. The summed E-state index contributed by atoms with van der Waals surface area (Å²) in [4.78, 5) is 18.2. The number of para-hydroxylation sites is 1. The number of hydrogen-bond acceptors (Lipinski definition) is 4. The highest BCUT2D eigenvalue weighted by Gasteiger charge is 2.29. The van der Waals surface area contributed by atoms with E-state index in [0.717, 1.165) is 35.7 Å². The molecule has 1 aliphatic heterocycles. The second-order valence-electron chi connectivity index (χ2n) is 11.8. The minimum atomic E-state index is -0.0423. The summed E-state index contributed by atoms with van der Waals surface area (Å²) in [5.74, 6) is 1.65. The van der Waals surface area contributed by atoms with Crippen molar-refractivity contribution < 1.29 is 14.3 Å². The predicted molar refractivity (Wildman–Crippen MR) is 169 cm³/mol. The van der Waals surface area contributed by atoms with Crippen LogP contribution in [0.1, 0.15) is 66.3 Å². The summed E-state index contributed by atoms with van der Waals surface area (Å²) in [5, 5.41) is 0. The number of ether oxygens (including phenoxy) is 2. The number of amides is 1. The summed E-state index contributed by atoms with van der Waals surface area (Å²) < 4.78 is 12.2. The molecule has 0 aliphatic carbocycles. The summed E-state index contributed by atoms with van der Waals surface area (Å²) in [6.07, 6.45) is 0. The second-order valence-corrected chi connectivity index (χ2v) is 11.8. The van der Waals surface area contributed by atoms with Gasteiger partial charge in [0.2, 0.25) is 0 Å². The lowest BCUT2D eigenvalue weighted by Crippen LogP contribution is -2.49. The highest BCUT2D eigenvalue weighted by Crippen LogP contribution is 2.33. The Balaban J connectivity index is 1.30. The Morgan fingerprint density at radius 3 is 1.93 bits per heavy atom. The first-order valence-electron chi connectivity index (χ1n) is 15.0. The summed E-state index contributed by atoms with van der Waals surface area (Å²) in [6, 6.07) is 35.3. The monoisotopic (exact) mass is 562 g/mol. The molecule has 4 aromatic rings. The number of rotatable bonds is 9. The number of hydrogen-bond donors (Lipinski definition) is 0. The number of nitrogens with zero attached hydrogens (tertiary/aromatic N) is 2. The van der Waals surface area contributed by atoms with Gasteiger partial charge in [0, 0.05) is 37.3 Å². The molecule has 0 radical (unpaired) electrons. The molecule has 1 fully saturated rings. The molecule has 1 saturated heterocycles. The van der Waals surface area contributed by atoms with E-state index in [9.17, 15) is 4.79 Å². The van der Waals surface area contributed by atoms with Crippen LogP contribution in [0.3, 0.4) is 0 Å². The lowest BCUT2D eigenvalue weighted by molar-refractivity contribution is 0.0597. The van der Waals surface area contributed by atoms with E-state index in [1.165, 1.54) is 11.1 Å². The first-order chi connectivity index (χ1) is 20.3. The van der Waals surface area contributed by atoms with Gasteiger partial charge in [-0.3, -0.25) is 9.69 Å². The van der Waals surface area contributed by atoms with E-state index < -0.39 is 0 Å². The molecule has 0 N–H and O–H groups in total. The van der Waals surface area contributed by atoms with E-state index in [2.05, 4.69) is 92.4 Å². The predicted octanol–water partition coefficient (Wildman–Crippen LogP) is 7.51. The lowest BCUT2D eigenvalue weighted by Gasteiger charge is -2.40. The molecule has 4 aromatic carbocycles. The molecule has 0 atom stereocenters. The van der Waals surface area contributed by atoms with E-state index in [0.29, 0.717) is 31.9 Å². The van der Waals surface area contributed by atoms with Gasteiger partial charge in [0.15, 0.2) is 0 Å². The third-order valence-corrected chi connectivity index (χ3v) is 7.88. The van der Waals surface area contributed by atoms with Crippen molar-refractivity contribution in [2.24, 2.45) is 0 Å². The Morgan fingerprint density at radius 2 is 1.33 bits per heavy atom. The molecule has 218 valence electrons. The van der Waals surface area contributed by atoms with Crippen LogP contribution in [0.15, 0.2) is 103 Å². The van der Waals surface area contributed by atoms with Crippen LogP contribution in [0.4, 0.5) is 0 Å². The van der Waals surface area contributed by atoms with Crippen LogP contribution < -0.4 is 9.47 Å². The van der Waals surface area contributed by atoms with Crippen molar-refractivity contribution in [1.29, 1.82) is 0 Å². The van der Waals surface area contributed by atoms with Crippen LogP contribution in [-0.4, -0.2) is 48.5 Å². The molecular weight excluding hydrogens is 520 g/mol. The van der Waals surface area contributed by atoms with Crippen molar-refractivity contribution >= 4 is 5.91 Å². The van der Waals surface area contributed by atoms with Crippen molar-refractivity contribution in [1.82, 2.24) is 9.80 Å². The molecule has 0 aromatic heterocycles. The summed E-state index contributed by atoms with van der Waals surface area (Å²) >= 11 is 0. The summed E-state index contributed by atoms with van der Waals surface area (Å²) in [6.45, 7) is 12.3. The van der Waals surface area contributed by atoms with Gasteiger partial charge in [-0.1, -0.05) is 99.6 Å². The number of carbonyl (C=O) groups excluding carboxylic acids is 1. The molecule has 1 amide bonds. The Bertz CT molecular complexity index is 1420. The fourth-order valence-electron chi connectivity index (χ4n) is 5.74. The van der Waals surface area contributed by atoms with Crippen LogP contribution in [0.2, 0.25) is 0 Å². The SMILES string of the molecule is CCOc1ccc(C(=O)N2CCN(C(c3ccccc3)c3ccccc3)CC2)cc1COc1ccccc1C(C)(C)C. The Morgan fingerprint density at radius 1 is 0.738 bits per heavy atom. The molecule has 0 spiro atoms. The fourth-order valence-corrected chi connectivity index (χ4v) is 5.74. The molecule has 0 bridgehead atoms. The lowest BCUT2D eigenvalue weighted by atomic mass is 9.86. The molecule has 0 unspecified atom stereocenters. The Labute approximate surface area is 250 Å². The van der Waals surface area contributed by atoms with Crippen LogP contribution in [-0.2, 0) is 12.0 Å². The third kappa shape index (κ3) is 6.85. The van der Waals surface area contributed by atoms with E-state index in [4.69, 9.17) is 9.47 Å². The average molecular weight is 563 g/mol. The fraction of sp³-hybridized carbons (Fsp3) is 0.324. The normalized spacial score (nSPS) is 14.2. The number of carbonyl (C=O) groups is 1. The Kier molecular flexibility index (Phi) is 9.28. The van der Waals surface area contributed by atoms with Crippen LogP contribution >= 0.6 is 0 Å². The van der Waals surface area contributed by atoms with Crippen LogP contribution in [0.25, 0.3) is 0 Å². The van der Waals surface area contributed by atoms with Crippen LogP contribution in [0.5, 0.6) is 11.5 Å². The van der Waals surface area contributed by atoms with Gasteiger partial charge < -0.3 is 14.4 Å². The zero-order chi connectivity index (χ0) is 29.5. The minimum absolute atomic E-state index is 0.0423. The third-order valence-electron chi connectivity index (χ3n) is 7.88. The largest absolute Gasteiger partial charge is 0.493 e.